The molecule has 0 spiro atoms. The maximum atomic E-state index is 11.7. The van der Waals surface area contributed by atoms with Crippen molar-refractivity contribution < 1.29 is 9.59 Å². The Morgan fingerprint density at radius 1 is 1.56 bits per heavy atom. The van der Waals surface area contributed by atoms with Crippen molar-refractivity contribution in [1.29, 1.82) is 0 Å². The molecule has 18 heavy (non-hydrogen) atoms. The lowest BCUT2D eigenvalue weighted by Gasteiger charge is -2.35. The van der Waals surface area contributed by atoms with Crippen LogP contribution in [-0.4, -0.2) is 35.8 Å². The number of nitrogens with one attached hydrogen (secondary N) is 1. The summed E-state index contributed by atoms with van der Waals surface area (Å²) in [6.07, 6.45) is 2.30. The zero-order valence-corrected chi connectivity index (χ0v) is 10.6. The average Bonchev–Trinajstić information content (AvgIpc) is 2.38. The zero-order chi connectivity index (χ0) is 13.1. The first-order chi connectivity index (χ1) is 8.63. The normalized spacial score (nSPS) is 19.6. The molecule has 1 atom stereocenters. The van der Waals surface area contributed by atoms with E-state index in [0.717, 1.165) is 18.8 Å². The number of nitrogens with zero attached hydrogens (tertiary/aromatic N) is 2. The number of Topliss-reactive ketones (excluding diaryl/α,β-unsaturated/α-hetero) is 1. The van der Waals surface area contributed by atoms with E-state index >= 15 is 0 Å². The van der Waals surface area contributed by atoms with E-state index in [9.17, 15) is 9.59 Å². The van der Waals surface area contributed by atoms with E-state index in [-0.39, 0.29) is 17.7 Å². The monoisotopic (exact) mass is 247 g/mol. The highest BCUT2D eigenvalue weighted by Gasteiger charge is 2.28. The van der Waals surface area contributed by atoms with Crippen molar-refractivity contribution in [1.82, 2.24) is 10.3 Å². The van der Waals surface area contributed by atoms with Crippen LogP contribution in [0.1, 0.15) is 30.6 Å². The van der Waals surface area contributed by atoms with Gasteiger partial charge in [0.25, 0.3) is 0 Å². The lowest BCUT2D eigenvalue weighted by molar-refractivity contribution is -0.123. The number of carbonyl (C=O) groups excluding carboxylic acids is 2. The van der Waals surface area contributed by atoms with Crippen LogP contribution in [0.4, 0.5) is 5.82 Å². The number of pyridine rings is 1. The lowest BCUT2D eigenvalue weighted by atomic mass is 10.1. The molecule has 96 valence electrons. The molecule has 0 bridgehead atoms. The fraction of sp³-hybridized carbons (Fsp3) is 0.462. The van der Waals surface area contributed by atoms with Gasteiger partial charge in [0, 0.05) is 24.8 Å². The summed E-state index contributed by atoms with van der Waals surface area (Å²) in [6.45, 7) is 4.87. The van der Waals surface area contributed by atoms with Crippen molar-refractivity contribution >= 4 is 17.5 Å². The van der Waals surface area contributed by atoms with E-state index in [1.54, 1.807) is 18.3 Å². The van der Waals surface area contributed by atoms with Crippen molar-refractivity contribution in [3.63, 3.8) is 0 Å². The van der Waals surface area contributed by atoms with Crippen LogP contribution in [0, 0.1) is 0 Å². The average molecular weight is 247 g/mol. The number of rotatable bonds is 3. The van der Waals surface area contributed by atoms with Crippen molar-refractivity contribution in [2.24, 2.45) is 0 Å². The molecule has 0 aromatic carbocycles. The number of anilines is 1. The second-order valence-electron chi connectivity index (χ2n) is 4.37. The van der Waals surface area contributed by atoms with Crippen molar-refractivity contribution in [3.05, 3.63) is 23.9 Å². The molecule has 0 radical (unpaired) electrons. The van der Waals surface area contributed by atoms with Gasteiger partial charge in [0.2, 0.25) is 5.91 Å². The molecule has 1 fully saturated rings. The predicted octanol–water partition coefficient (Wildman–Crippen LogP) is 0.999. The van der Waals surface area contributed by atoms with E-state index < -0.39 is 0 Å². The first kappa shape index (κ1) is 12.5. The van der Waals surface area contributed by atoms with Crippen LogP contribution in [0.25, 0.3) is 0 Å². The van der Waals surface area contributed by atoms with Crippen LogP contribution in [0.2, 0.25) is 0 Å². The molecule has 0 aliphatic carbocycles. The minimum atomic E-state index is -0.172. The molecule has 1 unspecified atom stereocenters. The molecule has 2 heterocycles. The van der Waals surface area contributed by atoms with Gasteiger partial charge in [-0.1, -0.05) is 6.92 Å². The summed E-state index contributed by atoms with van der Waals surface area (Å²) in [6, 6.07) is 3.39. The Kier molecular flexibility index (Phi) is 3.60. The summed E-state index contributed by atoms with van der Waals surface area (Å²) >= 11 is 0. The maximum absolute atomic E-state index is 11.7. The number of amides is 1. The van der Waals surface area contributed by atoms with E-state index in [1.807, 2.05) is 11.8 Å². The van der Waals surface area contributed by atoms with Crippen LogP contribution in [-0.2, 0) is 4.79 Å². The van der Waals surface area contributed by atoms with Crippen LogP contribution in [0.5, 0.6) is 0 Å². The SMILES string of the molecule is CCC1C(=O)NCCN1c1ccc(C(C)=O)cn1. The fourth-order valence-electron chi connectivity index (χ4n) is 2.16. The standard InChI is InChI=1S/C13H17N3O2/c1-3-11-13(18)14-6-7-16(11)12-5-4-10(8-15-12)9(2)17/h4-5,8,11H,3,6-7H2,1-2H3,(H,14,18). The third-order valence-electron chi connectivity index (χ3n) is 3.17. The number of carbonyl (C=O) groups is 2. The van der Waals surface area contributed by atoms with Gasteiger partial charge in [-0.2, -0.15) is 0 Å². The lowest BCUT2D eigenvalue weighted by Crippen LogP contribution is -2.55. The smallest absolute Gasteiger partial charge is 0.242 e. The van der Waals surface area contributed by atoms with Crippen molar-refractivity contribution in [3.8, 4) is 0 Å². The van der Waals surface area contributed by atoms with Gasteiger partial charge in [-0.15, -0.1) is 0 Å². The van der Waals surface area contributed by atoms with Gasteiger partial charge < -0.3 is 10.2 Å². The highest BCUT2D eigenvalue weighted by Crippen LogP contribution is 2.18. The van der Waals surface area contributed by atoms with E-state index in [2.05, 4.69) is 10.3 Å². The first-order valence-electron chi connectivity index (χ1n) is 6.15. The van der Waals surface area contributed by atoms with E-state index in [1.165, 1.54) is 6.92 Å². The third kappa shape index (κ3) is 2.34. The van der Waals surface area contributed by atoms with Gasteiger partial charge in [-0.25, -0.2) is 4.98 Å². The van der Waals surface area contributed by atoms with Gasteiger partial charge in [-0.3, -0.25) is 9.59 Å². The van der Waals surface area contributed by atoms with Crippen LogP contribution in [0.3, 0.4) is 0 Å². The van der Waals surface area contributed by atoms with Gasteiger partial charge in [0.05, 0.1) is 0 Å². The second kappa shape index (κ2) is 5.16. The molecule has 1 N–H and O–H groups in total. The molecule has 1 aliphatic heterocycles. The topological polar surface area (TPSA) is 62.3 Å². The Morgan fingerprint density at radius 3 is 2.89 bits per heavy atom. The molecule has 1 saturated heterocycles. The Bertz CT molecular complexity index is 456. The molecule has 2 rings (SSSR count). The number of piperazine rings is 1. The maximum Gasteiger partial charge on any atom is 0.242 e. The number of ketones is 1. The van der Waals surface area contributed by atoms with Gasteiger partial charge in [0.1, 0.15) is 11.9 Å². The number of aromatic nitrogens is 1. The van der Waals surface area contributed by atoms with E-state index in [4.69, 9.17) is 0 Å². The highest BCUT2D eigenvalue weighted by atomic mass is 16.2. The summed E-state index contributed by atoms with van der Waals surface area (Å²) in [5, 5.41) is 2.85. The zero-order valence-electron chi connectivity index (χ0n) is 10.6. The van der Waals surface area contributed by atoms with Gasteiger partial charge >= 0.3 is 0 Å². The van der Waals surface area contributed by atoms with Gasteiger partial charge in [0.15, 0.2) is 5.78 Å². The van der Waals surface area contributed by atoms with Crippen LogP contribution >= 0.6 is 0 Å². The fourth-order valence-corrected chi connectivity index (χ4v) is 2.16. The largest absolute Gasteiger partial charge is 0.353 e. The van der Waals surface area contributed by atoms with Crippen LogP contribution < -0.4 is 10.2 Å². The molecule has 5 heteroatoms. The summed E-state index contributed by atoms with van der Waals surface area (Å²) in [4.78, 5) is 29.2. The summed E-state index contributed by atoms with van der Waals surface area (Å²) in [7, 11) is 0. The molecule has 5 nitrogen and oxygen atoms in total. The van der Waals surface area contributed by atoms with E-state index in [0.29, 0.717) is 12.1 Å². The first-order valence-corrected chi connectivity index (χ1v) is 6.15. The minimum Gasteiger partial charge on any atom is -0.353 e. The molecular formula is C13H17N3O2. The number of hydrogen-bond acceptors (Lipinski definition) is 4. The molecule has 1 amide bonds. The quantitative estimate of drug-likeness (QED) is 0.809. The van der Waals surface area contributed by atoms with Gasteiger partial charge in [-0.05, 0) is 25.5 Å². The molecule has 1 aromatic heterocycles. The molecule has 1 aliphatic rings. The Balaban J connectivity index is 2.24. The highest BCUT2D eigenvalue weighted by molar-refractivity contribution is 5.94. The van der Waals surface area contributed by atoms with Crippen molar-refractivity contribution in [2.45, 2.75) is 26.3 Å². The predicted molar refractivity (Wildman–Crippen MR) is 68.7 cm³/mol. The molecule has 0 saturated carbocycles. The minimum absolute atomic E-state index is 0.00233. The summed E-state index contributed by atoms with van der Waals surface area (Å²) in [5.74, 6) is 0.792. The Labute approximate surface area is 106 Å². The molecular weight excluding hydrogens is 230 g/mol. The number of hydrogen-bond donors (Lipinski definition) is 1. The Hall–Kier alpha value is -1.91. The second-order valence-corrected chi connectivity index (χ2v) is 4.37. The van der Waals surface area contributed by atoms with Crippen molar-refractivity contribution in [2.75, 3.05) is 18.0 Å². The summed E-state index contributed by atoms with van der Waals surface area (Å²) < 4.78 is 0. The summed E-state index contributed by atoms with van der Waals surface area (Å²) in [5.41, 5.74) is 0.591. The third-order valence-corrected chi connectivity index (χ3v) is 3.17. The Morgan fingerprint density at radius 2 is 2.33 bits per heavy atom. The molecule has 1 aromatic rings. The van der Waals surface area contributed by atoms with Crippen LogP contribution in [0.15, 0.2) is 18.3 Å².